The third kappa shape index (κ3) is 1.83. The van der Waals surface area contributed by atoms with E-state index in [0.717, 1.165) is 16.2 Å². The maximum Gasteiger partial charge on any atom is 0.161 e. The minimum atomic E-state index is -0.0350. The molecule has 0 fully saturated rings. The summed E-state index contributed by atoms with van der Waals surface area (Å²) in [4.78, 5) is 0. The Labute approximate surface area is 121 Å². The van der Waals surface area contributed by atoms with Gasteiger partial charge in [0, 0.05) is 10.8 Å². The molecule has 1 N–H and O–H groups in total. The molecule has 104 valence electrons. The van der Waals surface area contributed by atoms with E-state index in [9.17, 15) is 10.4 Å². The summed E-state index contributed by atoms with van der Waals surface area (Å²) in [5, 5.41) is 22.8. The lowest BCUT2D eigenvalue weighted by atomic mass is 9.96. The maximum absolute atomic E-state index is 10.4. The van der Waals surface area contributed by atoms with Crippen molar-refractivity contribution in [1.29, 1.82) is 5.26 Å². The standard InChI is InChI=1S/C17H13NO3/c1-20-15-7-12-10-5-3-4-6-11(10)14(9-18)17(19)13(12)8-16(15)21-2/h3-8,19H,1-2H3. The maximum atomic E-state index is 10.4. The summed E-state index contributed by atoms with van der Waals surface area (Å²) in [5.41, 5.74) is 0.269. The molecular formula is C17H13NO3. The van der Waals surface area contributed by atoms with Crippen molar-refractivity contribution in [3.8, 4) is 23.3 Å². The summed E-state index contributed by atoms with van der Waals surface area (Å²) in [6, 6.07) is 13.1. The van der Waals surface area contributed by atoms with Crippen LogP contribution in [-0.2, 0) is 0 Å². The second kappa shape index (κ2) is 4.88. The molecule has 0 amide bonds. The fourth-order valence-electron chi connectivity index (χ4n) is 2.61. The molecule has 0 heterocycles. The van der Waals surface area contributed by atoms with Gasteiger partial charge in [-0.1, -0.05) is 24.3 Å². The van der Waals surface area contributed by atoms with Gasteiger partial charge in [-0.2, -0.15) is 5.26 Å². The number of ether oxygens (including phenoxy) is 2. The number of phenolic OH excluding ortho intramolecular Hbond substituents is 1. The molecule has 3 rings (SSSR count). The molecule has 4 nitrogen and oxygen atoms in total. The van der Waals surface area contributed by atoms with Gasteiger partial charge in [0.2, 0.25) is 0 Å². The first-order valence-corrected chi connectivity index (χ1v) is 6.40. The van der Waals surface area contributed by atoms with Crippen LogP contribution in [-0.4, -0.2) is 19.3 Å². The molecule has 0 aliphatic carbocycles. The van der Waals surface area contributed by atoms with E-state index in [1.807, 2.05) is 30.3 Å². The number of hydrogen-bond acceptors (Lipinski definition) is 4. The van der Waals surface area contributed by atoms with Gasteiger partial charge in [-0.3, -0.25) is 0 Å². The first kappa shape index (κ1) is 13.1. The highest BCUT2D eigenvalue weighted by Gasteiger charge is 2.16. The predicted molar refractivity (Wildman–Crippen MR) is 80.9 cm³/mol. The van der Waals surface area contributed by atoms with Crippen LogP contribution in [0.2, 0.25) is 0 Å². The largest absolute Gasteiger partial charge is 0.506 e. The van der Waals surface area contributed by atoms with Crippen molar-refractivity contribution in [2.24, 2.45) is 0 Å². The number of nitriles is 1. The van der Waals surface area contributed by atoms with Gasteiger partial charge in [0.15, 0.2) is 11.5 Å². The highest BCUT2D eigenvalue weighted by atomic mass is 16.5. The molecule has 3 aromatic carbocycles. The summed E-state index contributed by atoms with van der Waals surface area (Å²) in [6.07, 6.45) is 0. The second-order valence-corrected chi connectivity index (χ2v) is 4.63. The van der Waals surface area contributed by atoms with Crippen LogP contribution in [0.25, 0.3) is 21.5 Å². The lowest BCUT2D eigenvalue weighted by molar-refractivity contribution is 0.355. The topological polar surface area (TPSA) is 62.5 Å². The van der Waals surface area contributed by atoms with Gasteiger partial charge >= 0.3 is 0 Å². The molecule has 0 radical (unpaired) electrons. The van der Waals surface area contributed by atoms with Crippen molar-refractivity contribution >= 4 is 21.5 Å². The molecule has 0 spiro atoms. The quantitative estimate of drug-likeness (QED) is 0.728. The average Bonchev–Trinajstić information content (AvgIpc) is 2.54. The molecule has 0 atom stereocenters. The summed E-state index contributed by atoms with van der Waals surface area (Å²) in [5.74, 6) is 1.06. The number of benzene rings is 3. The molecule has 3 aromatic rings. The van der Waals surface area contributed by atoms with Crippen molar-refractivity contribution in [3.63, 3.8) is 0 Å². The van der Waals surface area contributed by atoms with Crippen molar-refractivity contribution in [2.45, 2.75) is 0 Å². The summed E-state index contributed by atoms with van der Waals surface area (Å²) in [6.45, 7) is 0. The molecule has 0 saturated heterocycles. The van der Waals surface area contributed by atoms with E-state index < -0.39 is 0 Å². The van der Waals surface area contributed by atoms with Gasteiger partial charge in [-0.05, 0) is 22.9 Å². The fourth-order valence-corrected chi connectivity index (χ4v) is 2.61. The normalized spacial score (nSPS) is 10.5. The number of rotatable bonds is 2. The Balaban J connectivity index is 2.58. The van der Waals surface area contributed by atoms with Crippen LogP contribution in [0.3, 0.4) is 0 Å². The smallest absolute Gasteiger partial charge is 0.161 e. The third-order valence-corrected chi connectivity index (χ3v) is 3.61. The van der Waals surface area contributed by atoms with Crippen LogP contribution in [0, 0.1) is 11.3 Å². The highest BCUT2D eigenvalue weighted by molar-refractivity contribution is 6.13. The number of nitrogens with zero attached hydrogens (tertiary/aromatic N) is 1. The molecule has 0 unspecified atom stereocenters. The van der Waals surface area contributed by atoms with Crippen LogP contribution >= 0.6 is 0 Å². The first-order valence-electron chi connectivity index (χ1n) is 6.40. The Morgan fingerprint density at radius 3 is 2.05 bits per heavy atom. The number of phenols is 1. The SMILES string of the molecule is COc1cc2c(O)c(C#N)c3ccccc3c2cc1OC. The van der Waals surface area contributed by atoms with Crippen LogP contribution in [0.5, 0.6) is 17.2 Å². The average molecular weight is 279 g/mol. The zero-order valence-electron chi connectivity index (χ0n) is 11.7. The van der Waals surface area contributed by atoms with E-state index in [2.05, 4.69) is 6.07 Å². The Bertz CT molecular complexity index is 894. The Kier molecular flexibility index (Phi) is 3.03. The van der Waals surface area contributed by atoms with Gasteiger partial charge < -0.3 is 14.6 Å². The number of methoxy groups -OCH3 is 2. The van der Waals surface area contributed by atoms with E-state index in [4.69, 9.17) is 9.47 Å². The van der Waals surface area contributed by atoms with Gasteiger partial charge in [0.1, 0.15) is 17.4 Å². The predicted octanol–water partition coefficient (Wildman–Crippen LogP) is 3.59. The molecule has 0 saturated carbocycles. The summed E-state index contributed by atoms with van der Waals surface area (Å²) >= 11 is 0. The van der Waals surface area contributed by atoms with Crippen molar-refractivity contribution in [3.05, 3.63) is 42.0 Å². The van der Waals surface area contributed by atoms with Gasteiger partial charge in [0.25, 0.3) is 0 Å². The Hall–Kier alpha value is -2.93. The van der Waals surface area contributed by atoms with Crippen molar-refractivity contribution < 1.29 is 14.6 Å². The molecule has 0 bridgehead atoms. The molecule has 0 aromatic heterocycles. The minimum Gasteiger partial charge on any atom is -0.506 e. The van der Waals surface area contributed by atoms with E-state index in [-0.39, 0.29) is 11.3 Å². The van der Waals surface area contributed by atoms with Crippen molar-refractivity contribution in [1.82, 2.24) is 0 Å². The third-order valence-electron chi connectivity index (χ3n) is 3.61. The summed E-state index contributed by atoms with van der Waals surface area (Å²) in [7, 11) is 3.10. The molecule has 0 aliphatic rings. The molecule has 4 heteroatoms. The zero-order valence-corrected chi connectivity index (χ0v) is 11.7. The first-order chi connectivity index (χ1) is 10.2. The van der Waals surface area contributed by atoms with E-state index in [1.165, 1.54) is 7.11 Å². The lowest BCUT2D eigenvalue weighted by Crippen LogP contribution is -1.92. The van der Waals surface area contributed by atoms with Crippen molar-refractivity contribution in [2.75, 3.05) is 14.2 Å². The Morgan fingerprint density at radius 1 is 0.905 bits per heavy atom. The van der Waals surface area contributed by atoms with Gasteiger partial charge in [-0.15, -0.1) is 0 Å². The zero-order chi connectivity index (χ0) is 15.0. The molecular weight excluding hydrogens is 266 g/mol. The van der Waals surface area contributed by atoms with E-state index in [0.29, 0.717) is 16.9 Å². The lowest BCUT2D eigenvalue weighted by Gasteiger charge is -2.13. The van der Waals surface area contributed by atoms with Crippen LogP contribution in [0.15, 0.2) is 36.4 Å². The minimum absolute atomic E-state index is 0.0350. The second-order valence-electron chi connectivity index (χ2n) is 4.63. The van der Waals surface area contributed by atoms with Crippen LogP contribution in [0.4, 0.5) is 0 Å². The van der Waals surface area contributed by atoms with Crippen LogP contribution in [0.1, 0.15) is 5.56 Å². The molecule has 21 heavy (non-hydrogen) atoms. The molecule has 0 aliphatic heterocycles. The van der Waals surface area contributed by atoms with E-state index in [1.54, 1.807) is 13.2 Å². The van der Waals surface area contributed by atoms with Gasteiger partial charge in [0.05, 0.1) is 14.2 Å². The van der Waals surface area contributed by atoms with Gasteiger partial charge in [-0.25, -0.2) is 0 Å². The fraction of sp³-hybridized carbons (Fsp3) is 0.118. The summed E-state index contributed by atoms with van der Waals surface area (Å²) < 4.78 is 10.6. The van der Waals surface area contributed by atoms with Crippen LogP contribution < -0.4 is 9.47 Å². The number of aromatic hydroxyl groups is 1. The monoisotopic (exact) mass is 279 g/mol. The number of hydrogen-bond donors (Lipinski definition) is 1. The number of fused-ring (bicyclic) bond motifs is 3. The van der Waals surface area contributed by atoms with E-state index >= 15 is 0 Å². The Morgan fingerprint density at radius 2 is 1.48 bits per heavy atom. The highest BCUT2D eigenvalue weighted by Crippen LogP contribution is 2.42.